The monoisotopic (exact) mass is 230 g/mol. The molecule has 0 saturated heterocycles. The van der Waals surface area contributed by atoms with E-state index >= 15 is 0 Å². The van der Waals surface area contributed by atoms with Gasteiger partial charge in [-0.2, -0.15) is 0 Å². The summed E-state index contributed by atoms with van der Waals surface area (Å²) in [7, 11) is 0. The van der Waals surface area contributed by atoms with Crippen LogP contribution >= 0.6 is 0 Å². The van der Waals surface area contributed by atoms with Crippen molar-refractivity contribution in [3.8, 4) is 5.69 Å². The Kier molecular flexibility index (Phi) is 3.13. The van der Waals surface area contributed by atoms with Gasteiger partial charge in [-0.15, -0.1) is 0 Å². The predicted molar refractivity (Wildman–Crippen MR) is 69.7 cm³/mol. The van der Waals surface area contributed by atoms with Gasteiger partial charge in [-0.1, -0.05) is 0 Å². The molecule has 2 aromatic heterocycles. The van der Waals surface area contributed by atoms with E-state index < -0.39 is 0 Å². The lowest BCUT2D eigenvalue weighted by Crippen LogP contribution is -2.06. The number of hydrogen-bond acceptors (Lipinski definition) is 3. The molecule has 0 amide bonds. The topological polar surface area (TPSA) is 42.7 Å². The molecule has 0 radical (unpaired) electrons. The van der Waals surface area contributed by atoms with Crippen molar-refractivity contribution >= 4 is 5.95 Å². The van der Waals surface area contributed by atoms with Crippen molar-refractivity contribution < 1.29 is 0 Å². The molecule has 2 rings (SSSR count). The maximum Gasteiger partial charge on any atom is 0.207 e. The second-order valence-corrected chi connectivity index (χ2v) is 4.16. The molecule has 4 nitrogen and oxygen atoms in total. The van der Waals surface area contributed by atoms with Crippen LogP contribution in [0.3, 0.4) is 0 Å². The molecule has 0 bridgehead atoms. The summed E-state index contributed by atoms with van der Waals surface area (Å²) in [5, 5.41) is 3.26. The molecule has 0 aliphatic rings. The van der Waals surface area contributed by atoms with E-state index in [1.165, 1.54) is 0 Å². The summed E-state index contributed by atoms with van der Waals surface area (Å²) in [5.74, 6) is 0.874. The molecule has 0 spiro atoms. The summed E-state index contributed by atoms with van der Waals surface area (Å²) >= 11 is 0. The lowest BCUT2D eigenvalue weighted by Gasteiger charge is -2.10. The minimum atomic E-state index is 0.856. The van der Waals surface area contributed by atoms with Gasteiger partial charge in [-0.25, -0.2) is 4.98 Å². The maximum absolute atomic E-state index is 4.48. The minimum absolute atomic E-state index is 0.856. The van der Waals surface area contributed by atoms with Crippen molar-refractivity contribution in [2.45, 2.75) is 27.7 Å². The van der Waals surface area contributed by atoms with E-state index in [0.717, 1.165) is 35.3 Å². The molecule has 0 fully saturated rings. The Morgan fingerprint density at radius 3 is 2.53 bits per heavy atom. The summed E-state index contributed by atoms with van der Waals surface area (Å²) in [6.45, 7) is 8.94. The zero-order valence-corrected chi connectivity index (χ0v) is 10.8. The molecular formula is C13H18N4. The SMILES string of the molecule is CCNc1nc(C)cn1-c1ccc(C)nc1C. The molecule has 4 heteroatoms. The number of nitrogens with zero attached hydrogens (tertiary/aromatic N) is 3. The lowest BCUT2D eigenvalue weighted by atomic mass is 10.2. The second-order valence-electron chi connectivity index (χ2n) is 4.16. The zero-order chi connectivity index (χ0) is 12.4. The summed E-state index contributed by atoms with van der Waals surface area (Å²) in [4.78, 5) is 8.95. The predicted octanol–water partition coefficient (Wildman–Crippen LogP) is 2.62. The molecule has 17 heavy (non-hydrogen) atoms. The molecule has 1 N–H and O–H groups in total. The highest BCUT2D eigenvalue weighted by molar-refractivity contribution is 5.45. The van der Waals surface area contributed by atoms with Crippen LogP contribution in [-0.2, 0) is 0 Å². The van der Waals surface area contributed by atoms with Crippen molar-refractivity contribution in [1.29, 1.82) is 0 Å². The van der Waals surface area contributed by atoms with E-state index in [2.05, 4.69) is 32.8 Å². The van der Waals surface area contributed by atoms with E-state index in [1.807, 2.05) is 33.0 Å². The third kappa shape index (κ3) is 2.30. The van der Waals surface area contributed by atoms with Gasteiger partial charge < -0.3 is 5.32 Å². The van der Waals surface area contributed by atoms with E-state index in [0.29, 0.717) is 0 Å². The van der Waals surface area contributed by atoms with Crippen molar-refractivity contribution in [1.82, 2.24) is 14.5 Å². The minimum Gasteiger partial charge on any atom is -0.356 e. The van der Waals surface area contributed by atoms with Crippen molar-refractivity contribution in [3.63, 3.8) is 0 Å². The van der Waals surface area contributed by atoms with Crippen LogP contribution in [0.2, 0.25) is 0 Å². The molecule has 90 valence electrons. The average Bonchev–Trinajstić information content (AvgIpc) is 2.60. The Morgan fingerprint density at radius 2 is 1.88 bits per heavy atom. The third-order valence-corrected chi connectivity index (χ3v) is 2.62. The molecule has 0 aromatic carbocycles. The smallest absolute Gasteiger partial charge is 0.207 e. The van der Waals surface area contributed by atoms with Gasteiger partial charge in [0.2, 0.25) is 5.95 Å². The normalized spacial score (nSPS) is 10.6. The van der Waals surface area contributed by atoms with E-state index in [9.17, 15) is 0 Å². The summed E-state index contributed by atoms with van der Waals surface area (Å²) in [6.07, 6.45) is 2.03. The van der Waals surface area contributed by atoms with Crippen LogP contribution in [0.4, 0.5) is 5.95 Å². The van der Waals surface area contributed by atoms with E-state index in [4.69, 9.17) is 0 Å². The highest BCUT2D eigenvalue weighted by Crippen LogP contribution is 2.19. The fourth-order valence-corrected chi connectivity index (χ4v) is 1.90. The lowest BCUT2D eigenvalue weighted by molar-refractivity contribution is 0.978. The largest absolute Gasteiger partial charge is 0.356 e. The van der Waals surface area contributed by atoms with Crippen LogP contribution in [-0.4, -0.2) is 21.1 Å². The first-order valence-corrected chi connectivity index (χ1v) is 5.86. The van der Waals surface area contributed by atoms with Crippen LogP contribution in [0, 0.1) is 20.8 Å². The third-order valence-electron chi connectivity index (χ3n) is 2.62. The molecule has 0 unspecified atom stereocenters. The second kappa shape index (κ2) is 4.57. The Labute approximate surface area is 102 Å². The Balaban J connectivity index is 2.51. The van der Waals surface area contributed by atoms with Crippen LogP contribution in [0.1, 0.15) is 24.0 Å². The number of anilines is 1. The van der Waals surface area contributed by atoms with E-state index in [-0.39, 0.29) is 0 Å². The van der Waals surface area contributed by atoms with Gasteiger partial charge in [0.15, 0.2) is 0 Å². The standard InChI is InChI=1S/C13H18N4/c1-5-14-13-16-10(3)8-17(13)12-7-6-9(2)15-11(12)4/h6-8H,5H2,1-4H3,(H,14,16). The van der Waals surface area contributed by atoms with Crippen molar-refractivity contribution in [2.24, 2.45) is 0 Å². The van der Waals surface area contributed by atoms with Gasteiger partial charge in [-0.3, -0.25) is 9.55 Å². The van der Waals surface area contributed by atoms with Gasteiger partial charge in [0.05, 0.1) is 17.1 Å². The highest BCUT2D eigenvalue weighted by atomic mass is 15.2. The fraction of sp³-hybridized carbons (Fsp3) is 0.385. The van der Waals surface area contributed by atoms with Gasteiger partial charge in [0.1, 0.15) is 0 Å². The molecular weight excluding hydrogens is 212 g/mol. The molecule has 2 heterocycles. The highest BCUT2D eigenvalue weighted by Gasteiger charge is 2.09. The van der Waals surface area contributed by atoms with Gasteiger partial charge in [0, 0.05) is 18.4 Å². The number of hydrogen-bond donors (Lipinski definition) is 1. The number of nitrogens with one attached hydrogen (secondary N) is 1. The molecule has 0 atom stereocenters. The van der Waals surface area contributed by atoms with Gasteiger partial charge in [0.25, 0.3) is 0 Å². The van der Waals surface area contributed by atoms with Crippen LogP contribution in [0.5, 0.6) is 0 Å². The first kappa shape index (κ1) is 11.6. The van der Waals surface area contributed by atoms with E-state index in [1.54, 1.807) is 0 Å². The van der Waals surface area contributed by atoms with Crippen LogP contribution in [0.25, 0.3) is 5.69 Å². The molecule has 0 saturated carbocycles. The van der Waals surface area contributed by atoms with Crippen LogP contribution in [0.15, 0.2) is 18.3 Å². The number of rotatable bonds is 3. The first-order chi connectivity index (χ1) is 8.11. The molecule has 2 aromatic rings. The number of aryl methyl sites for hydroxylation is 3. The Morgan fingerprint density at radius 1 is 1.12 bits per heavy atom. The van der Waals surface area contributed by atoms with Gasteiger partial charge in [-0.05, 0) is 39.8 Å². The van der Waals surface area contributed by atoms with Crippen molar-refractivity contribution in [3.05, 3.63) is 35.4 Å². The molecule has 0 aliphatic carbocycles. The van der Waals surface area contributed by atoms with Crippen molar-refractivity contribution in [2.75, 3.05) is 11.9 Å². The Bertz CT molecular complexity index is 528. The summed E-state index contributed by atoms with van der Waals surface area (Å²) in [6, 6.07) is 4.10. The summed E-state index contributed by atoms with van der Waals surface area (Å²) < 4.78 is 2.06. The quantitative estimate of drug-likeness (QED) is 0.881. The fourth-order valence-electron chi connectivity index (χ4n) is 1.90. The average molecular weight is 230 g/mol. The molecule has 0 aliphatic heterocycles. The maximum atomic E-state index is 4.48. The van der Waals surface area contributed by atoms with Crippen LogP contribution < -0.4 is 5.32 Å². The number of imidazole rings is 1. The zero-order valence-electron chi connectivity index (χ0n) is 10.8. The van der Waals surface area contributed by atoms with Gasteiger partial charge >= 0.3 is 0 Å². The first-order valence-electron chi connectivity index (χ1n) is 5.86. The number of aromatic nitrogens is 3. The Hall–Kier alpha value is -1.84. The number of pyridine rings is 1. The summed E-state index contributed by atoms with van der Waals surface area (Å²) in [5.41, 5.74) is 4.13.